The molecule has 3 rings (SSSR count). The second kappa shape index (κ2) is 5.03. The Morgan fingerprint density at radius 2 is 2.15 bits per heavy atom. The maximum atomic E-state index is 13.4. The number of aromatic nitrogens is 2. The van der Waals surface area contributed by atoms with Crippen LogP contribution in [0.15, 0.2) is 18.2 Å². The fourth-order valence-corrected chi connectivity index (χ4v) is 2.82. The van der Waals surface area contributed by atoms with Crippen LogP contribution in [0.1, 0.15) is 0 Å². The number of benzene rings is 1. The van der Waals surface area contributed by atoms with Gasteiger partial charge in [-0.05, 0) is 32.3 Å². The molecule has 1 atom stereocenters. The Morgan fingerprint density at radius 1 is 1.35 bits per heavy atom. The fraction of sp³-hybridized carbons (Fsp3) is 0.500. The summed E-state index contributed by atoms with van der Waals surface area (Å²) in [6, 6.07) is 4.95. The molecule has 1 saturated heterocycles. The molecule has 0 aliphatic carbocycles. The Bertz CT molecular complexity index is 623. The number of hydrogen-bond donors (Lipinski definition) is 1. The zero-order valence-electron chi connectivity index (χ0n) is 11.9. The van der Waals surface area contributed by atoms with Crippen LogP contribution in [-0.4, -0.2) is 59.1 Å². The van der Waals surface area contributed by atoms with Gasteiger partial charge in [0.15, 0.2) is 0 Å². The third-order valence-corrected chi connectivity index (χ3v) is 4.11. The summed E-state index contributed by atoms with van der Waals surface area (Å²) in [5, 5.41) is 0. The van der Waals surface area contributed by atoms with Crippen molar-refractivity contribution in [3.05, 3.63) is 24.0 Å². The van der Waals surface area contributed by atoms with Gasteiger partial charge >= 0.3 is 0 Å². The number of imidazole rings is 1. The van der Waals surface area contributed by atoms with E-state index in [0.717, 1.165) is 37.2 Å². The number of nitrogens with two attached hydrogens (primary N) is 1. The van der Waals surface area contributed by atoms with Gasteiger partial charge in [0.25, 0.3) is 0 Å². The maximum absolute atomic E-state index is 13.4. The first kappa shape index (κ1) is 13.3. The van der Waals surface area contributed by atoms with Crippen LogP contribution in [0, 0.1) is 5.82 Å². The van der Waals surface area contributed by atoms with Crippen molar-refractivity contribution in [3.63, 3.8) is 0 Å². The van der Waals surface area contributed by atoms with Gasteiger partial charge in [-0.15, -0.1) is 0 Å². The average molecular weight is 277 g/mol. The molecule has 1 fully saturated rings. The topological polar surface area (TPSA) is 50.3 Å². The van der Waals surface area contributed by atoms with E-state index in [0.29, 0.717) is 12.0 Å². The van der Waals surface area contributed by atoms with Gasteiger partial charge < -0.3 is 15.2 Å². The predicted molar refractivity (Wildman–Crippen MR) is 78.0 cm³/mol. The summed E-state index contributed by atoms with van der Waals surface area (Å²) in [5.74, 6) is 0.194. The van der Waals surface area contributed by atoms with Gasteiger partial charge in [-0.25, -0.2) is 9.37 Å². The molecule has 1 aromatic heterocycles. The molecule has 6 heteroatoms. The summed E-state index contributed by atoms with van der Waals surface area (Å²) < 4.78 is 15.4. The van der Waals surface area contributed by atoms with E-state index in [9.17, 15) is 4.39 Å². The van der Waals surface area contributed by atoms with Gasteiger partial charge in [-0.3, -0.25) is 4.90 Å². The fourth-order valence-electron chi connectivity index (χ4n) is 2.82. The SMILES string of the molecule is CN1CCN(C)C(Cn2c(N)nc3ccc(F)cc32)C1. The normalized spacial score (nSPS) is 21.6. The summed E-state index contributed by atoms with van der Waals surface area (Å²) in [7, 11) is 4.24. The highest BCUT2D eigenvalue weighted by Gasteiger charge is 2.24. The molecule has 0 spiro atoms. The second-order valence-corrected chi connectivity index (χ2v) is 5.61. The molecular formula is C14H20FN5. The molecular weight excluding hydrogens is 257 g/mol. The van der Waals surface area contributed by atoms with Crippen LogP contribution in [-0.2, 0) is 6.54 Å². The van der Waals surface area contributed by atoms with E-state index >= 15 is 0 Å². The zero-order chi connectivity index (χ0) is 14.3. The lowest BCUT2D eigenvalue weighted by Gasteiger charge is -2.38. The van der Waals surface area contributed by atoms with E-state index in [1.54, 1.807) is 6.07 Å². The van der Waals surface area contributed by atoms with Crippen molar-refractivity contribution in [2.75, 3.05) is 39.5 Å². The number of anilines is 1. The highest BCUT2D eigenvalue weighted by atomic mass is 19.1. The maximum Gasteiger partial charge on any atom is 0.201 e. The van der Waals surface area contributed by atoms with Gasteiger partial charge in [0, 0.05) is 32.2 Å². The van der Waals surface area contributed by atoms with E-state index in [1.165, 1.54) is 12.1 Å². The molecule has 1 aliphatic heterocycles. The summed E-state index contributed by atoms with van der Waals surface area (Å²) in [6.45, 7) is 3.81. The Balaban J connectivity index is 1.93. The van der Waals surface area contributed by atoms with Gasteiger partial charge in [-0.2, -0.15) is 0 Å². The van der Waals surface area contributed by atoms with E-state index in [1.807, 2.05) is 4.57 Å². The molecule has 0 saturated carbocycles. The predicted octanol–water partition coefficient (Wildman–Crippen LogP) is 1.00. The van der Waals surface area contributed by atoms with Crippen molar-refractivity contribution in [3.8, 4) is 0 Å². The van der Waals surface area contributed by atoms with Crippen molar-refractivity contribution in [1.82, 2.24) is 19.4 Å². The quantitative estimate of drug-likeness (QED) is 0.890. The summed E-state index contributed by atoms with van der Waals surface area (Å²) in [6.07, 6.45) is 0. The smallest absolute Gasteiger partial charge is 0.201 e. The minimum Gasteiger partial charge on any atom is -0.369 e. The first-order valence-electron chi connectivity index (χ1n) is 6.84. The summed E-state index contributed by atoms with van der Waals surface area (Å²) in [5.41, 5.74) is 7.51. The van der Waals surface area contributed by atoms with E-state index in [2.05, 4.69) is 28.9 Å². The van der Waals surface area contributed by atoms with Gasteiger partial charge in [0.05, 0.1) is 11.0 Å². The molecule has 0 amide bonds. The van der Waals surface area contributed by atoms with E-state index < -0.39 is 0 Å². The molecule has 1 aromatic carbocycles. The van der Waals surface area contributed by atoms with E-state index in [-0.39, 0.29) is 5.82 Å². The molecule has 2 heterocycles. The lowest BCUT2D eigenvalue weighted by Crippen LogP contribution is -2.51. The van der Waals surface area contributed by atoms with Crippen LogP contribution in [0.2, 0.25) is 0 Å². The number of nitrogens with zero attached hydrogens (tertiary/aromatic N) is 4. The lowest BCUT2D eigenvalue weighted by molar-refractivity contribution is 0.104. The monoisotopic (exact) mass is 277 g/mol. The molecule has 0 radical (unpaired) electrons. The molecule has 2 aromatic rings. The van der Waals surface area contributed by atoms with Crippen LogP contribution < -0.4 is 5.73 Å². The standard InChI is InChI=1S/C14H20FN5/c1-18-5-6-19(2)11(8-18)9-20-13-7-10(15)3-4-12(13)17-14(20)16/h3-4,7,11H,5-6,8-9H2,1-2H3,(H2,16,17). The molecule has 1 unspecified atom stereocenters. The molecule has 20 heavy (non-hydrogen) atoms. The van der Waals surface area contributed by atoms with Crippen molar-refractivity contribution in [2.24, 2.45) is 0 Å². The first-order valence-corrected chi connectivity index (χ1v) is 6.84. The number of nitrogen functional groups attached to an aromatic ring is 1. The number of piperazine rings is 1. The van der Waals surface area contributed by atoms with Gasteiger partial charge in [0.1, 0.15) is 5.82 Å². The summed E-state index contributed by atoms with van der Waals surface area (Å²) in [4.78, 5) is 8.94. The Labute approximate surface area is 117 Å². The summed E-state index contributed by atoms with van der Waals surface area (Å²) >= 11 is 0. The third-order valence-electron chi connectivity index (χ3n) is 4.11. The van der Waals surface area contributed by atoms with Crippen LogP contribution in [0.4, 0.5) is 10.3 Å². The number of likely N-dealkylation sites (N-methyl/N-ethyl adjacent to an activating group) is 2. The van der Waals surface area contributed by atoms with Crippen molar-refractivity contribution >= 4 is 17.0 Å². The molecule has 1 aliphatic rings. The average Bonchev–Trinajstić information content (AvgIpc) is 2.70. The van der Waals surface area contributed by atoms with Crippen molar-refractivity contribution < 1.29 is 4.39 Å². The number of hydrogen-bond acceptors (Lipinski definition) is 4. The number of rotatable bonds is 2. The minimum atomic E-state index is -0.257. The Hall–Kier alpha value is -1.66. The highest BCUT2D eigenvalue weighted by Crippen LogP contribution is 2.21. The van der Waals surface area contributed by atoms with Gasteiger partial charge in [0.2, 0.25) is 5.95 Å². The van der Waals surface area contributed by atoms with E-state index in [4.69, 9.17) is 5.73 Å². The third kappa shape index (κ3) is 2.36. The largest absolute Gasteiger partial charge is 0.369 e. The molecule has 0 bridgehead atoms. The molecule has 108 valence electrons. The first-order chi connectivity index (χ1) is 9.54. The molecule has 5 nitrogen and oxygen atoms in total. The van der Waals surface area contributed by atoms with Crippen molar-refractivity contribution in [1.29, 1.82) is 0 Å². The van der Waals surface area contributed by atoms with Crippen LogP contribution in [0.5, 0.6) is 0 Å². The van der Waals surface area contributed by atoms with Gasteiger partial charge in [-0.1, -0.05) is 0 Å². The zero-order valence-corrected chi connectivity index (χ0v) is 11.9. The number of fused-ring (bicyclic) bond motifs is 1. The Morgan fingerprint density at radius 3 is 2.95 bits per heavy atom. The lowest BCUT2D eigenvalue weighted by atomic mass is 10.2. The Kier molecular flexibility index (Phi) is 3.35. The second-order valence-electron chi connectivity index (χ2n) is 5.61. The van der Waals surface area contributed by atoms with Crippen LogP contribution in [0.3, 0.4) is 0 Å². The number of halogens is 1. The molecule has 2 N–H and O–H groups in total. The van der Waals surface area contributed by atoms with Crippen LogP contribution >= 0.6 is 0 Å². The van der Waals surface area contributed by atoms with Crippen LogP contribution in [0.25, 0.3) is 11.0 Å². The highest BCUT2D eigenvalue weighted by molar-refractivity contribution is 5.78. The van der Waals surface area contributed by atoms with Crippen molar-refractivity contribution in [2.45, 2.75) is 12.6 Å². The minimum absolute atomic E-state index is 0.257.